The molecule has 0 saturated heterocycles. The fourth-order valence-electron chi connectivity index (χ4n) is 1.94. The van der Waals surface area contributed by atoms with Gasteiger partial charge in [0.15, 0.2) is 0 Å². The smallest absolute Gasteiger partial charge is 0.328 e. The summed E-state index contributed by atoms with van der Waals surface area (Å²) in [6.45, 7) is 2.08. The number of halogens is 1. The number of aliphatic hydroxyl groups excluding tert-OH is 1. The number of anilines is 1. The number of rotatable bonds is 2. The fraction of sp³-hybridized carbons (Fsp3) is 0.417. The van der Waals surface area contributed by atoms with Crippen LogP contribution in [0.2, 0.25) is 5.02 Å². The Morgan fingerprint density at radius 1 is 1.65 bits per heavy atom. The SMILES string of the molecule is CCOC(=O)C1CC(O)c2ccc(Cl)cc2N1. The molecule has 0 radical (unpaired) electrons. The van der Waals surface area contributed by atoms with Crippen molar-refractivity contribution >= 4 is 23.3 Å². The normalized spacial score (nSPS) is 22.5. The van der Waals surface area contributed by atoms with Gasteiger partial charge in [0.25, 0.3) is 0 Å². The predicted molar refractivity (Wildman–Crippen MR) is 65.1 cm³/mol. The maximum Gasteiger partial charge on any atom is 0.328 e. The first-order valence-corrected chi connectivity index (χ1v) is 5.90. The van der Waals surface area contributed by atoms with Crippen molar-refractivity contribution in [2.24, 2.45) is 0 Å². The minimum absolute atomic E-state index is 0.313. The number of carbonyl (C=O) groups excluding carboxylic acids is 1. The van der Waals surface area contributed by atoms with Crippen molar-refractivity contribution in [3.63, 3.8) is 0 Å². The van der Waals surface area contributed by atoms with Gasteiger partial charge in [0.2, 0.25) is 0 Å². The Morgan fingerprint density at radius 3 is 3.12 bits per heavy atom. The van der Waals surface area contributed by atoms with Gasteiger partial charge in [-0.2, -0.15) is 0 Å². The number of fused-ring (bicyclic) bond motifs is 1. The topological polar surface area (TPSA) is 58.6 Å². The van der Waals surface area contributed by atoms with Crippen LogP contribution in [-0.2, 0) is 9.53 Å². The summed E-state index contributed by atoms with van der Waals surface area (Å²) < 4.78 is 4.93. The second-order valence-corrected chi connectivity index (χ2v) is 4.37. The number of hydrogen-bond donors (Lipinski definition) is 2. The van der Waals surface area contributed by atoms with Crippen LogP contribution in [0.25, 0.3) is 0 Å². The van der Waals surface area contributed by atoms with Crippen molar-refractivity contribution in [3.05, 3.63) is 28.8 Å². The number of aliphatic hydroxyl groups is 1. The molecule has 2 N–H and O–H groups in total. The quantitative estimate of drug-likeness (QED) is 0.795. The van der Waals surface area contributed by atoms with Crippen LogP contribution < -0.4 is 5.32 Å². The first-order chi connectivity index (χ1) is 8.11. The summed E-state index contributed by atoms with van der Waals surface area (Å²) in [4.78, 5) is 11.6. The second-order valence-electron chi connectivity index (χ2n) is 3.93. The number of carbonyl (C=O) groups is 1. The number of hydrogen-bond acceptors (Lipinski definition) is 4. The van der Waals surface area contributed by atoms with E-state index in [0.29, 0.717) is 23.7 Å². The van der Waals surface area contributed by atoms with E-state index in [1.165, 1.54) is 0 Å². The third-order valence-corrected chi connectivity index (χ3v) is 2.97. The van der Waals surface area contributed by atoms with Crippen LogP contribution in [0.1, 0.15) is 25.0 Å². The molecule has 2 rings (SSSR count). The van der Waals surface area contributed by atoms with Crippen LogP contribution in [0.4, 0.5) is 5.69 Å². The van der Waals surface area contributed by atoms with Crippen molar-refractivity contribution in [2.45, 2.75) is 25.5 Å². The fourth-order valence-corrected chi connectivity index (χ4v) is 2.11. The molecule has 0 fully saturated rings. The van der Waals surface area contributed by atoms with E-state index in [0.717, 1.165) is 5.56 Å². The number of benzene rings is 1. The highest BCUT2D eigenvalue weighted by atomic mass is 35.5. The van der Waals surface area contributed by atoms with Gasteiger partial charge in [0.1, 0.15) is 6.04 Å². The molecule has 1 aromatic rings. The Kier molecular flexibility index (Phi) is 3.54. The van der Waals surface area contributed by atoms with Gasteiger partial charge in [-0.3, -0.25) is 0 Å². The molecule has 17 heavy (non-hydrogen) atoms. The van der Waals surface area contributed by atoms with Gasteiger partial charge >= 0.3 is 5.97 Å². The zero-order valence-corrected chi connectivity index (χ0v) is 10.2. The maximum atomic E-state index is 11.6. The lowest BCUT2D eigenvalue weighted by atomic mass is 9.95. The van der Waals surface area contributed by atoms with Crippen molar-refractivity contribution in [3.8, 4) is 0 Å². The molecular weight excluding hydrogens is 242 g/mol. The molecule has 92 valence electrons. The highest BCUT2D eigenvalue weighted by Crippen LogP contribution is 2.34. The van der Waals surface area contributed by atoms with E-state index in [-0.39, 0.29) is 5.97 Å². The van der Waals surface area contributed by atoms with E-state index in [1.54, 1.807) is 25.1 Å². The van der Waals surface area contributed by atoms with Gasteiger partial charge in [-0.15, -0.1) is 0 Å². The first-order valence-electron chi connectivity index (χ1n) is 5.52. The highest BCUT2D eigenvalue weighted by molar-refractivity contribution is 6.30. The Balaban J connectivity index is 2.22. The summed E-state index contributed by atoms with van der Waals surface area (Å²) in [5.74, 6) is -0.350. The van der Waals surface area contributed by atoms with E-state index in [4.69, 9.17) is 16.3 Å². The van der Waals surface area contributed by atoms with E-state index in [2.05, 4.69) is 5.32 Å². The molecule has 1 aliphatic heterocycles. The Bertz CT molecular complexity index is 436. The zero-order chi connectivity index (χ0) is 12.4. The summed E-state index contributed by atoms with van der Waals surface area (Å²) in [5.41, 5.74) is 1.45. The number of nitrogens with one attached hydrogen (secondary N) is 1. The Hall–Kier alpha value is -1.26. The van der Waals surface area contributed by atoms with Crippen LogP contribution >= 0.6 is 11.6 Å². The molecule has 0 amide bonds. The second kappa shape index (κ2) is 4.94. The molecular formula is C12H14ClNO3. The van der Waals surface area contributed by atoms with Gasteiger partial charge in [-0.05, 0) is 19.1 Å². The Labute approximate surface area is 105 Å². The summed E-state index contributed by atoms with van der Waals surface area (Å²) in [6.07, 6.45) is -0.356. The lowest BCUT2D eigenvalue weighted by molar-refractivity contribution is -0.145. The number of ether oxygens (including phenoxy) is 1. The van der Waals surface area contributed by atoms with Gasteiger partial charge in [-0.1, -0.05) is 17.7 Å². The molecule has 1 aliphatic rings. The van der Waals surface area contributed by atoms with Gasteiger partial charge in [-0.25, -0.2) is 4.79 Å². The average molecular weight is 256 g/mol. The first kappa shape index (κ1) is 12.2. The van der Waals surface area contributed by atoms with Gasteiger partial charge in [0, 0.05) is 22.7 Å². The van der Waals surface area contributed by atoms with Crippen LogP contribution in [-0.4, -0.2) is 23.7 Å². The minimum atomic E-state index is -0.669. The van der Waals surface area contributed by atoms with Crippen molar-refractivity contribution < 1.29 is 14.6 Å². The molecule has 0 spiro atoms. The van der Waals surface area contributed by atoms with E-state index < -0.39 is 12.1 Å². The van der Waals surface area contributed by atoms with Crippen LogP contribution in [0.15, 0.2) is 18.2 Å². The summed E-state index contributed by atoms with van der Waals surface area (Å²) >= 11 is 5.88. The molecule has 0 saturated carbocycles. The third-order valence-electron chi connectivity index (χ3n) is 2.73. The molecule has 0 aromatic heterocycles. The monoisotopic (exact) mass is 255 g/mol. The molecule has 1 aromatic carbocycles. The van der Waals surface area contributed by atoms with E-state index in [9.17, 15) is 9.90 Å². The zero-order valence-electron chi connectivity index (χ0n) is 9.44. The largest absolute Gasteiger partial charge is 0.464 e. The lowest BCUT2D eigenvalue weighted by Crippen LogP contribution is -2.36. The van der Waals surface area contributed by atoms with Crippen molar-refractivity contribution in [1.29, 1.82) is 0 Å². The Morgan fingerprint density at radius 2 is 2.41 bits per heavy atom. The van der Waals surface area contributed by atoms with Crippen LogP contribution in [0.3, 0.4) is 0 Å². The van der Waals surface area contributed by atoms with Crippen molar-refractivity contribution in [2.75, 3.05) is 11.9 Å². The third kappa shape index (κ3) is 2.53. The molecule has 4 nitrogen and oxygen atoms in total. The average Bonchev–Trinajstić information content (AvgIpc) is 2.28. The summed E-state index contributed by atoms with van der Waals surface area (Å²) in [5, 5.41) is 13.5. The predicted octanol–water partition coefficient (Wildman–Crippen LogP) is 2.12. The molecule has 0 aliphatic carbocycles. The van der Waals surface area contributed by atoms with Crippen LogP contribution in [0, 0.1) is 0 Å². The number of esters is 1. The van der Waals surface area contributed by atoms with E-state index in [1.807, 2.05) is 0 Å². The van der Waals surface area contributed by atoms with E-state index >= 15 is 0 Å². The molecule has 1 heterocycles. The van der Waals surface area contributed by atoms with Crippen molar-refractivity contribution in [1.82, 2.24) is 0 Å². The molecule has 0 bridgehead atoms. The van der Waals surface area contributed by atoms with Crippen LogP contribution in [0.5, 0.6) is 0 Å². The standard InChI is InChI=1S/C12H14ClNO3/c1-2-17-12(16)10-6-11(15)8-4-3-7(13)5-9(8)14-10/h3-5,10-11,14-15H,2,6H2,1H3. The molecule has 2 atom stereocenters. The minimum Gasteiger partial charge on any atom is -0.464 e. The summed E-state index contributed by atoms with van der Waals surface area (Å²) in [7, 11) is 0. The summed E-state index contributed by atoms with van der Waals surface area (Å²) in [6, 6.07) is 4.66. The molecule has 2 unspecified atom stereocenters. The molecule has 5 heteroatoms. The van der Waals surface area contributed by atoms with Gasteiger partial charge in [0.05, 0.1) is 12.7 Å². The lowest BCUT2D eigenvalue weighted by Gasteiger charge is -2.29. The maximum absolute atomic E-state index is 11.6. The highest BCUT2D eigenvalue weighted by Gasteiger charge is 2.30. The van der Waals surface area contributed by atoms with Gasteiger partial charge < -0.3 is 15.2 Å².